The Hall–Kier alpha value is -3.06. The molecular weight excluding hydrogens is 348 g/mol. The third kappa shape index (κ3) is 3.88. The van der Waals surface area contributed by atoms with Gasteiger partial charge in [-0.3, -0.25) is 9.59 Å². The maximum Gasteiger partial charge on any atom is 0.313 e. The van der Waals surface area contributed by atoms with Crippen LogP contribution in [0.1, 0.15) is 17.5 Å². The summed E-state index contributed by atoms with van der Waals surface area (Å²) < 4.78 is 10.3. The monoisotopic (exact) mass is 370 g/mol. The molecule has 3 rings (SSSR count). The first-order valence-corrected chi connectivity index (χ1v) is 8.59. The van der Waals surface area contributed by atoms with Gasteiger partial charge in [0.05, 0.1) is 26.5 Å². The molecule has 3 N–H and O–H groups in total. The lowest BCUT2D eigenvalue weighted by molar-refractivity contribution is -0.136. The minimum absolute atomic E-state index is 0.0317. The fourth-order valence-electron chi connectivity index (χ4n) is 3.24. The van der Waals surface area contributed by atoms with Gasteiger partial charge in [-0.05, 0) is 36.1 Å². The standard InChI is InChI=1S/C20H22N2O5/c1-26-14-7-8-16(17(11-14)27-2)22-19(24)18(23)21-12-20(25)10-9-13-5-3-4-6-15(13)20/h3-8,11,25H,9-10,12H2,1-2H3,(H,21,23)(H,22,24). The van der Waals surface area contributed by atoms with E-state index in [4.69, 9.17) is 9.47 Å². The number of anilines is 1. The molecule has 0 aliphatic heterocycles. The Morgan fingerprint density at radius 1 is 1.11 bits per heavy atom. The zero-order valence-electron chi connectivity index (χ0n) is 15.2. The SMILES string of the molecule is COc1ccc(NC(=O)C(=O)NCC2(O)CCc3ccccc32)c(OC)c1. The van der Waals surface area contributed by atoms with E-state index in [1.54, 1.807) is 18.2 Å². The number of aliphatic hydroxyl groups is 1. The predicted octanol–water partition coefficient (Wildman–Crippen LogP) is 1.59. The van der Waals surface area contributed by atoms with Gasteiger partial charge in [0.15, 0.2) is 0 Å². The third-order valence-corrected chi connectivity index (χ3v) is 4.73. The van der Waals surface area contributed by atoms with Gasteiger partial charge in [-0.2, -0.15) is 0 Å². The van der Waals surface area contributed by atoms with Crippen LogP contribution in [0.2, 0.25) is 0 Å². The van der Waals surface area contributed by atoms with Crippen molar-refractivity contribution in [3.8, 4) is 11.5 Å². The molecule has 2 amide bonds. The van der Waals surface area contributed by atoms with E-state index in [-0.39, 0.29) is 6.54 Å². The number of carbonyl (C=O) groups is 2. The van der Waals surface area contributed by atoms with E-state index in [1.807, 2.05) is 24.3 Å². The highest BCUT2D eigenvalue weighted by Gasteiger charge is 2.37. The molecule has 0 aromatic heterocycles. The number of amides is 2. The Balaban J connectivity index is 1.63. The van der Waals surface area contributed by atoms with Crippen LogP contribution < -0.4 is 20.1 Å². The third-order valence-electron chi connectivity index (χ3n) is 4.73. The first kappa shape index (κ1) is 18.7. The molecule has 1 atom stereocenters. The molecule has 1 aliphatic carbocycles. The Labute approximate surface area is 157 Å². The van der Waals surface area contributed by atoms with Crippen LogP contribution in [0.4, 0.5) is 5.69 Å². The van der Waals surface area contributed by atoms with Crippen molar-refractivity contribution in [2.75, 3.05) is 26.1 Å². The molecule has 0 radical (unpaired) electrons. The van der Waals surface area contributed by atoms with Gasteiger partial charge in [-0.1, -0.05) is 24.3 Å². The predicted molar refractivity (Wildman–Crippen MR) is 99.8 cm³/mol. The number of fused-ring (bicyclic) bond motifs is 1. The molecule has 0 saturated heterocycles. The Morgan fingerprint density at radius 3 is 2.63 bits per heavy atom. The molecule has 0 saturated carbocycles. The number of rotatable bonds is 5. The number of nitrogens with one attached hydrogen (secondary N) is 2. The van der Waals surface area contributed by atoms with Gasteiger partial charge in [-0.25, -0.2) is 0 Å². The Bertz CT molecular complexity index is 867. The topological polar surface area (TPSA) is 96.9 Å². The van der Waals surface area contributed by atoms with Crippen molar-refractivity contribution < 1.29 is 24.2 Å². The molecule has 2 aromatic rings. The minimum Gasteiger partial charge on any atom is -0.497 e. The molecule has 0 heterocycles. The van der Waals surface area contributed by atoms with Crippen molar-refractivity contribution in [3.05, 3.63) is 53.6 Å². The summed E-state index contributed by atoms with van der Waals surface area (Å²) in [6.07, 6.45) is 1.23. The molecule has 27 heavy (non-hydrogen) atoms. The van der Waals surface area contributed by atoms with Gasteiger partial charge < -0.3 is 25.2 Å². The summed E-state index contributed by atoms with van der Waals surface area (Å²) in [6, 6.07) is 12.4. The van der Waals surface area contributed by atoms with E-state index in [1.165, 1.54) is 14.2 Å². The Morgan fingerprint density at radius 2 is 1.89 bits per heavy atom. The second kappa shape index (κ2) is 7.67. The molecular formula is C20H22N2O5. The first-order chi connectivity index (χ1) is 13.0. The number of ether oxygens (including phenoxy) is 2. The second-order valence-electron chi connectivity index (χ2n) is 6.39. The van der Waals surface area contributed by atoms with Crippen molar-refractivity contribution in [2.45, 2.75) is 18.4 Å². The number of carbonyl (C=O) groups excluding carboxylic acids is 2. The van der Waals surface area contributed by atoms with Gasteiger partial charge in [0.2, 0.25) is 0 Å². The van der Waals surface area contributed by atoms with E-state index in [2.05, 4.69) is 10.6 Å². The van der Waals surface area contributed by atoms with Gasteiger partial charge in [0, 0.05) is 6.07 Å². The summed E-state index contributed by atoms with van der Waals surface area (Å²) in [6.45, 7) is -0.0317. The van der Waals surface area contributed by atoms with Crippen LogP contribution in [0.3, 0.4) is 0 Å². The highest BCUT2D eigenvalue weighted by Crippen LogP contribution is 2.36. The van der Waals surface area contributed by atoms with Crippen molar-refractivity contribution >= 4 is 17.5 Å². The number of hydrogen-bond donors (Lipinski definition) is 3. The van der Waals surface area contributed by atoms with Crippen LogP contribution in [0.15, 0.2) is 42.5 Å². The fourth-order valence-corrected chi connectivity index (χ4v) is 3.24. The largest absolute Gasteiger partial charge is 0.497 e. The van der Waals surface area contributed by atoms with E-state index in [9.17, 15) is 14.7 Å². The van der Waals surface area contributed by atoms with Crippen molar-refractivity contribution in [2.24, 2.45) is 0 Å². The van der Waals surface area contributed by atoms with E-state index in [0.29, 0.717) is 23.6 Å². The number of benzene rings is 2. The molecule has 0 spiro atoms. The highest BCUT2D eigenvalue weighted by atomic mass is 16.5. The molecule has 0 fully saturated rings. The van der Waals surface area contributed by atoms with Crippen molar-refractivity contribution in [1.82, 2.24) is 5.32 Å². The molecule has 7 heteroatoms. The van der Waals surface area contributed by atoms with Crippen LogP contribution in [0, 0.1) is 0 Å². The van der Waals surface area contributed by atoms with Gasteiger partial charge in [-0.15, -0.1) is 0 Å². The van der Waals surface area contributed by atoms with E-state index in [0.717, 1.165) is 17.5 Å². The summed E-state index contributed by atoms with van der Waals surface area (Å²) in [7, 11) is 2.98. The summed E-state index contributed by atoms with van der Waals surface area (Å²) in [5.74, 6) is -0.728. The van der Waals surface area contributed by atoms with Crippen molar-refractivity contribution in [1.29, 1.82) is 0 Å². The minimum atomic E-state index is -1.16. The van der Waals surface area contributed by atoms with Gasteiger partial charge in [0.1, 0.15) is 17.1 Å². The van der Waals surface area contributed by atoms with E-state index >= 15 is 0 Å². The lowest BCUT2D eigenvalue weighted by Gasteiger charge is -2.24. The summed E-state index contributed by atoms with van der Waals surface area (Å²) in [4.78, 5) is 24.4. The van der Waals surface area contributed by atoms with Crippen LogP contribution in [-0.2, 0) is 21.6 Å². The number of aryl methyl sites for hydroxylation is 1. The molecule has 1 unspecified atom stereocenters. The molecule has 1 aliphatic rings. The lowest BCUT2D eigenvalue weighted by Crippen LogP contribution is -2.43. The van der Waals surface area contributed by atoms with Crippen molar-refractivity contribution in [3.63, 3.8) is 0 Å². The van der Waals surface area contributed by atoms with E-state index < -0.39 is 17.4 Å². The number of methoxy groups -OCH3 is 2. The first-order valence-electron chi connectivity index (χ1n) is 8.59. The normalized spacial score (nSPS) is 17.7. The zero-order valence-corrected chi connectivity index (χ0v) is 15.2. The quantitative estimate of drug-likeness (QED) is 0.695. The Kier molecular flexibility index (Phi) is 5.32. The maximum absolute atomic E-state index is 12.2. The lowest BCUT2D eigenvalue weighted by atomic mass is 9.96. The van der Waals surface area contributed by atoms with Crippen LogP contribution in [0.25, 0.3) is 0 Å². The smallest absolute Gasteiger partial charge is 0.313 e. The second-order valence-corrected chi connectivity index (χ2v) is 6.39. The molecule has 2 aromatic carbocycles. The average molecular weight is 370 g/mol. The summed E-state index contributed by atoms with van der Waals surface area (Å²) >= 11 is 0. The van der Waals surface area contributed by atoms with Crippen LogP contribution >= 0.6 is 0 Å². The molecule has 0 bridgehead atoms. The maximum atomic E-state index is 12.2. The zero-order chi connectivity index (χ0) is 19.4. The van der Waals surface area contributed by atoms with Gasteiger partial charge in [0.25, 0.3) is 0 Å². The van der Waals surface area contributed by atoms with Crippen LogP contribution in [0.5, 0.6) is 11.5 Å². The van der Waals surface area contributed by atoms with Gasteiger partial charge >= 0.3 is 11.8 Å². The summed E-state index contributed by atoms with van der Waals surface area (Å²) in [5, 5.41) is 15.8. The molecule has 142 valence electrons. The number of hydrogen-bond acceptors (Lipinski definition) is 5. The summed E-state index contributed by atoms with van der Waals surface area (Å²) in [5.41, 5.74) is 1.04. The average Bonchev–Trinajstić information content (AvgIpc) is 3.04. The molecule has 7 nitrogen and oxygen atoms in total. The van der Waals surface area contributed by atoms with Crippen LogP contribution in [-0.4, -0.2) is 37.7 Å². The fraction of sp³-hybridized carbons (Fsp3) is 0.300. The highest BCUT2D eigenvalue weighted by molar-refractivity contribution is 6.39.